The summed E-state index contributed by atoms with van der Waals surface area (Å²) in [5.41, 5.74) is 3.41. The molecule has 3 aromatic rings. The molecule has 1 amide bonds. The lowest BCUT2D eigenvalue weighted by Gasteiger charge is -2.27. The van der Waals surface area contributed by atoms with Crippen LogP contribution in [0.1, 0.15) is 37.2 Å². The fourth-order valence-corrected chi connectivity index (χ4v) is 4.84. The summed E-state index contributed by atoms with van der Waals surface area (Å²) in [6.45, 7) is 2.92. The fourth-order valence-electron chi connectivity index (χ4n) is 4.84. The van der Waals surface area contributed by atoms with E-state index in [0.29, 0.717) is 44.2 Å². The van der Waals surface area contributed by atoms with Crippen LogP contribution in [-0.2, 0) is 9.53 Å². The number of amides is 1. The van der Waals surface area contributed by atoms with Crippen molar-refractivity contribution in [3.05, 3.63) is 53.8 Å². The van der Waals surface area contributed by atoms with Gasteiger partial charge in [-0.3, -0.25) is 4.79 Å². The molecule has 2 aliphatic heterocycles. The van der Waals surface area contributed by atoms with Gasteiger partial charge >= 0.3 is 0 Å². The monoisotopic (exact) mass is 450 g/mol. The Kier molecular flexibility index (Phi) is 6.13. The maximum atomic E-state index is 13.7. The second-order valence-electron chi connectivity index (χ2n) is 8.63. The highest BCUT2D eigenvalue weighted by Gasteiger charge is 2.27. The molecule has 0 atom stereocenters. The molecule has 0 spiro atoms. The highest BCUT2D eigenvalue weighted by atomic mass is 19.1. The zero-order valence-electron chi connectivity index (χ0n) is 18.4. The number of ether oxygens (including phenoxy) is 2. The summed E-state index contributed by atoms with van der Waals surface area (Å²) < 4.78 is 25.6. The van der Waals surface area contributed by atoms with Gasteiger partial charge in [0.1, 0.15) is 18.2 Å². The summed E-state index contributed by atoms with van der Waals surface area (Å²) in [6, 6.07) is 11.6. The van der Waals surface area contributed by atoms with Crippen molar-refractivity contribution in [3.8, 4) is 22.8 Å². The third-order valence-electron chi connectivity index (χ3n) is 6.51. The number of carbonyl (C=O) groups is 1. The number of aromatic nitrogens is 1. The molecule has 0 radical (unpaired) electrons. The van der Waals surface area contributed by atoms with Crippen molar-refractivity contribution < 1.29 is 23.8 Å². The average molecular weight is 451 g/mol. The normalized spacial score (nSPS) is 17.1. The Morgan fingerprint density at radius 2 is 1.94 bits per heavy atom. The molecular formula is C26H27FN2O4. The van der Waals surface area contributed by atoms with Gasteiger partial charge in [0.15, 0.2) is 0 Å². The van der Waals surface area contributed by atoms with Crippen LogP contribution >= 0.6 is 0 Å². The van der Waals surface area contributed by atoms with Gasteiger partial charge in [-0.1, -0.05) is 12.1 Å². The van der Waals surface area contributed by atoms with Crippen molar-refractivity contribution >= 4 is 16.8 Å². The molecule has 2 saturated heterocycles. The minimum Gasteiger partial charge on any atom is -0.508 e. The first-order valence-corrected chi connectivity index (χ1v) is 11.5. The highest BCUT2D eigenvalue weighted by Crippen LogP contribution is 2.44. The molecule has 6 nitrogen and oxygen atoms in total. The van der Waals surface area contributed by atoms with Crippen LogP contribution in [0.5, 0.6) is 11.6 Å². The predicted octanol–water partition coefficient (Wildman–Crippen LogP) is 4.64. The van der Waals surface area contributed by atoms with E-state index in [1.165, 1.54) is 12.1 Å². The van der Waals surface area contributed by atoms with E-state index in [-0.39, 0.29) is 23.4 Å². The van der Waals surface area contributed by atoms with E-state index in [0.717, 1.165) is 47.9 Å². The quantitative estimate of drug-likeness (QED) is 0.592. The SMILES string of the molecule is O=C1CCCN1CCOc1nc2cc(O)ccc2c(-c2ccc(F)cc2)c1C1CCOCC1. The van der Waals surface area contributed by atoms with E-state index in [1.54, 1.807) is 24.3 Å². The van der Waals surface area contributed by atoms with Crippen LogP contribution < -0.4 is 4.74 Å². The molecule has 0 saturated carbocycles. The van der Waals surface area contributed by atoms with Gasteiger partial charge in [-0.15, -0.1) is 0 Å². The number of hydrogen-bond acceptors (Lipinski definition) is 5. The number of phenolic OH excluding ortho intramolecular Hbond substituents is 1. The molecule has 2 aliphatic rings. The van der Waals surface area contributed by atoms with E-state index in [9.17, 15) is 14.3 Å². The van der Waals surface area contributed by atoms with Crippen molar-refractivity contribution in [1.29, 1.82) is 0 Å². The number of nitrogens with zero attached hydrogens (tertiary/aromatic N) is 2. The number of aromatic hydroxyl groups is 1. The summed E-state index contributed by atoms with van der Waals surface area (Å²) in [5, 5.41) is 11.0. The first kappa shape index (κ1) is 21.6. The Labute approximate surface area is 192 Å². The molecule has 33 heavy (non-hydrogen) atoms. The summed E-state index contributed by atoms with van der Waals surface area (Å²) in [7, 11) is 0. The van der Waals surface area contributed by atoms with Crippen LogP contribution in [0.15, 0.2) is 42.5 Å². The van der Waals surface area contributed by atoms with E-state index in [2.05, 4.69) is 0 Å². The summed E-state index contributed by atoms with van der Waals surface area (Å²) in [6.07, 6.45) is 3.14. The molecule has 2 fully saturated rings. The number of rotatable bonds is 6. The van der Waals surface area contributed by atoms with Gasteiger partial charge in [0.25, 0.3) is 0 Å². The van der Waals surface area contributed by atoms with Crippen LogP contribution in [0.2, 0.25) is 0 Å². The Morgan fingerprint density at radius 1 is 1.15 bits per heavy atom. The van der Waals surface area contributed by atoms with Crippen molar-refractivity contribution in [1.82, 2.24) is 9.88 Å². The number of pyridine rings is 1. The third kappa shape index (κ3) is 4.50. The number of halogens is 1. The molecule has 0 aliphatic carbocycles. The van der Waals surface area contributed by atoms with Gasteiger partial charge in [-0.2, -0.15) is 0 Å². The van der Waals surface area contributed by atoms with Gasteiger partial charge < -0.3 is 19.5 Å². The van der Waals surface area contributed by atoms with Crippen molar-refractivity contribution in [3.63, 3.8) is 0 Å². The maximum absolute atomic E-state index is 13.7. The zero-order chi connectivity index (χ0) is 22.8. The largest absolute Gasteiger partial charge is 0.508 e. The highest BCUT2D eigenvalue weighted by molar-refractivity contribution is 5.98. The molecule has 0 unspecified atom stereocenters. The van der Waals surface area contributed by atoms with Crippen LogP contribution in [0.3, 0.4) is 0 Å². The maximum Gasteiger partial charge on any atom is 0.222 e. The molecule has 7 heteroatoms. The topological polar surface area (TPSA) is 71.9 Å². The van der Waals surface area contributed by atoms with Gasteiger partial charge in [-0.05, 0) is 60.6 Å². The van der Waals surface area contributed by atoms with Crippen molar-refractivity contribution in [2.45, 2.75) is 31.6 Å². The van der Waals surface area contributed by atoms with E-state index in [4.69, 9.17) is 14.5 Å². The zero-order valence-corrected chi connectivity index (χ0v) is 18.4. The minimum absolute atomic E-state index is 0.118. The molecule has 2 aromatic carbocycles. The Bertz CT molecular complexity index is 1160. The number of fused-ring (bicyclic) bond motifs is 1. The lowest BCUT2D eigenvalue weighted by atomic mass is 9.84. The first-order valence-electron chi connectivity index (χ1n) is 11.5. The second-order valence-corrected chi connectivity index (χ2v) is 8.63. The molecule has 0 bridgehead atoms. The lowest BCUT2D eigenvalue weighted by Crippen LogP contribution is -2.29. The molecular weight excluding hydrogens is 423 g/mol. The van der Waals surface area contributed by atoms with Crippen LogP contribution in [0.4, 0.5) is 4.39 Å². The fraction of sp³-hybridized carbons (Fsp3) is 0.385. The first-order chi connectivity index (χ1) is 16.1. The summed E-state index contributed by atoms with van der Waals surface area (Å²) in [4.78, 5) is 18.6. The Hall–Kier alpha value is -3.19. The van der Waals surface area contributed by atoms with Gasteiger partial charge in [0.05, 0.1) is 12.1 Å². The number of carbonyl (C=O) groups excluding carboxylic acids is 1. The Morgan fingerprint density at radius 3 is 2.67 bits per heavy atom. The van der Waals surface area contributed by atoms with Crippen LogP contribution in [0.25, 0.3) is 22.0 Å². The van der Waals surface area contributed by atoms with Gasteiger partial charge in [0, 0.05) is 43.2 Å². The van der Waals surface area contributed by atoms with E-state index in [1.807, 2.05) is 11.0 Å². The molecule has 5 rings (SSSR count). The van der Waals surface area contributed by atoms with E-state index >= 15 is 0 Å². The van der Waals surface area contributed by atoms with E-state index < -0.39 is 0 Å². The predicted molar refractivity (Wildman–Crippen MR) is 123 cm³/mol. The third-order valence-corrected chi connectivity index (χ3v) is 6.51. The standard InChI is InChI=1S/C26H27FN2O4/c27-19-5-3-17(4-6-19)24-21-8-7-20(30)16-22(21)28-26(25(24)18-9-13-32-14-10-18)33-15-12-29-11-1-2-23(29)31/h3-8,16,18,30H,1-2,9-15H2. The molecule has 1 N–H and O–H groups in total. The van der Waals surface area contributed by atoms with Crippen LogP contribution in [0, 0.1) is 5.82 Å². The van der Waals surface area contributed by atoms with Gasteiger partial charge in [0.2, 0.25) is 11.8 Å². The summed E-state index contributed by atoms with van der Waals surface area (Å²) >= 11 is 0. The number of hydrogen-bond donors (Lipinski definition) is 1. The second kappa shape index (κ2) is 9.35. The number of likely N-dealkylation sites (tertiary alicyclic amines) is 1. The summed E-state index contributed by atoms with van der Waals surface area (Å²) in [5.74, 6) is 0.659. The average Bonchev–Trinajstić information content (AvgIpc) is 3.24. The lowest BCUT2D eigenvalue weighted by molar-refractivity contribution is -0.128. The molecule has 1 aromatic heterocycles. The Balaban J connectivity index is 1.61. The van der Waals surface area contributed by atoms with Crippen molar-refractivity contribution in [2.24, 2.45) is 0 Å². The van der Waals surface area contributed by atoms with Crippen molar-refractivity contribution in [2.75, 3.05) is 32.9 Å². The van der Waals surface area contributed by atoms with Crippen LogP contribution in [-0.4, -0.2) is 53.8 Å². The molecule has 172 valence electrons. The molecule has 3 heterocycles. The smallest absolute Gasteiger partial charge is 0.222 e. The number of phenols is 1. The minimum atomic E-state index is -0.297. The van der Waals surface area contributed by atoms with Gasteiger partial charge in [-0.25, -0.2) is 9.37 Å². The number of benzene rings is 2.